The highest BCUT2D eigenvalue weighted by molar-refractivity contribution is 5.87. The minimum Gasteiger partial charge on any atom is -0.481 e. The number of alkyl carbamates (subject to hydrolysis) is 1. The fourth-order valence-corrected chi connectivity index (χ4v) is 6.13. The average Bonchev–Trinajstić information content (AvgIpc) is 3.72. The van der Waals surface area contributed by atoms with Crippen molar-refractivity contribution in [1.82, 2.24) is 10.6 Å². The molecule has 2 aromatic rings. The van der Waals surface area contributed by atoms with Gasteiger partial charge in [-0.3, -0.25) is 9.59 Å². The molecule has 0 aromatic heterocycles. The van der Waals surface area contributed by atoms with Gasteiger partial charge in [0.2, 0.25) is 5.91 Å². The molecule has 0 saturated heterocycles. The van der Waals surface area contributed by atoms with Crippen molar-refractivity contribution >= 4 is 18.0 Å². The smallest absolute Gasteiger partial charge is 0.407 e. The number of fused-ring (bicyclic) bond motifs is 4. The molecular formula is C27H28N2O5. The number of carbonyl (C=O) groups is 3. The zero-order valence-electron chi connectivity index (χ0n) is 18.9. The standard InChI is InChI=1S/C27H28N2O5/c30-23(29-17-11-16-12-27(16,13-17)24(31)32)26(9-10-26)15-28-25(33)34-14-22-20-7-3-1-5-18(20)19-6-2-4-8-21(19)22/h1-8,16-17,22H,9-15H2,(H,28,33)(H,29,30)(H,31,32). The number of hydrogen-bond donors (Lipinski definition) is 3. The van der Waals surface area contributed by atoms with Gasteiger partial charge in [-0.2, -0.15) is 0 Å². The normalized spacial score (nSPS) is 27.2. The molecular weight excluding hydrogens is 432 g/mol. The Morgan fingerprint density at radius 2 is 1.62 bits per heavy atom. The monoisotopic (exact) mass is 460 g/mol. The van der Waals surface area contributed by atoms with Gasteiger partial charge in [-0.25, -0.2) is 4.79 Å². The molecule has 4 aliphatic rings. The highest BCUT2D eigenvalue weighted by atomic mass is 16.5. The van der Waals surface area contributed by atoms with Gasteiger partial charge < -0.3 is 20.5 Å². The number of amides is 2. The summed E-state index contributed by atoms with van der Waals surface area (Å²) in [6.07, 6.45) is 2.87. The Morgan fingerprint density at radius 3 is 2.21 bits per heavy atom. The van der Waals surface area contributed by atoms with Gasteiger partial charge in [0.25, 0.3) is 0 Å². The Kier molecular flexibility index (Phi) is 4.73. The molecule has 3 fully saturated rings. The van der Waals surface area contributed by atoms with Gasteiger partial charge in [-0.1, -0.05) is 48.5 Å². The van der Waals surface area contributed by atoms with Crippen molar-refractivity contribution in [1.29, 1.82) is 0 Å². The van der Waals surface area contributed by atoms with E-state index < -0.39 is 22.9 Å². The maximum Gasteiger partial charge on any atom is 0.407 e. The van der Waals surface area contributed by atoms with Crippen LogP contribution >= 0.6 is 0 Å². The third-order valence-corrected chi connectivity index (χ3v) is 8.42. The van der Waals surface area contributed by atoms with Crippen LogP contribution in [0.25, 0.3) is 11.1 Å². The molecule has 7 nitrogen and oxygen atoms in total. The number of carboxylic acids is 1. The first kappa shape index (κ1) is 21.2. The summed E-state index contributed by atoms with van der Waals surface area (Å²) in [6, 6.07) is 16.3. The van der Waals surface area contributed by atoms with Crippen molar-refractivity contribution in [3.05, 3.63) is 59.7 Å². The lowest BCUT2D eigenvalue weighted by Gasteiger charge is -2.21. The fraction of sp³-hybridized carbons (Fsp3) is 0.444. The molecule has 176 valence electrons. The lowest BCUT2D eigenvalue weighted by molar-refractivity contribution is -0.144. The number of hydrogen-bond acceptors (Lipinski definition) is 4. The molecule has 0 spiro atoms. The second-order valence-corrected chi connectivity index (χ2v) is 10.4. The van der Waals surface area contributed by atoms with Gasteiger partial charge in [0.05, 0.1) is 10.8 Å². The zero-order valence-corrected chi connectivity index (χ0v) is 18.9. The van der Waals surface area contributed by atoms with Gasteiger partial charge in [0.15, 0.2) is 0 Å². The summed E-state index contributed by atoms with van der Waals surface area (Å²) < 4.78 is 5.59. The van der Waals surface area contributed by atoms with Crippen LogP contribution in [0.1, 0.15) is 49.1 Å². The minimum absolute atomic E-state index is 0.00769. The molecule has 0 radical (unpaired) electrons. The summed E-state index contributed by atoms with van der Waals surface area (Å²) in [5.41, 5.74) is 3.44. The molecule has 2 amide bonds. The van der Waals surface area contributed by atoms with E-state index in [0.29, 0.717) is 19.3 Å². The topological polar surface area (TPSA) is 105 Å². The van der Waals surface area contributed by atoms with E-state index in [9.17, 15) is 19.5 Å². The zero-order chi connectivity index (χ0) is 23.5. The second kappa shape index (κ2) is 7.58. The molecule has 0 heterocycles. The van der Waals surface area contributed by atoms with Crippen molar-refractivity contribution in [3.8, 4) is 11.1 Å². The van der Waals surface area contributed by atoms with Crippen LogP contribution in [0, 0.1) is 16.7 Å². The van der Waals surface area contributed by atoms with Crippen molar-refractivity contribution in [2.45, 2.75) is 44.1 Å². The number of rotatable bonds is 7. The van der Waals surface area contributed by atoms with Crippen LogP contribution in [0.3, 0.4) is 0 Å². The van der Waals surface area contributed by atoms with E-state index in [2.05, 4.69) is 34.9 Å². The van der Waals surface area contributed by atoms with Gasteiger partial charge in [0, 0.05) is 18.5 Å². The predicted molar refractivity (Wildman–Crippen MR) is 124 cm³/mol. The fourth-order valence-electron chi connectivity index (χ4n) is 6.13. The predicted octanol–water partition coefficient (Wildman–Crippen LogP) is 3.67. The third-order valence-electron chi connectivity index (χ3n) is 8.42. The summed E-state index contributed by atoms with van der Waals surface area (Å²) in [4.78, 5) is 36.9. The molecule has 3 unspecified atom stereocenters. The maximum absolute atomic E-state index is 12.9. The van der Waals surface area contributed by atoms with Gasteiger partial charge in [-0.05, 0) is 60.3 Å². The molecule has 7 heteroatoms. The Hall–Kier alpha value is -3.35. The molecule has 3 saturated carbocycles. The SMILES string of the molecule is O=C(NCC1(C(=O)NC2CC3CC3(C(=O)O)C2)CC1)OCC1c2ccccc2-c2ccccc21. The Bertz CT molecular complexity index is 1140. The molecule has 3 N–H and O–H groups in total. The molecule has 2 aromatic carbocycles. The van der Waals surface area contributed by atoms with Crippen molar-refractivity contribution in [2.75, 3.05) is 13.2 Å². The van der Waals surface area contributed by atoms with Crippen LogP contribution < -0.4 is 10.6 Å². The maximum atomic E-state index is 12.9. The van der Waals surface area contributed by atoms with Crippen LogP contribution in [-0.4, -0.2) is 42.3 Å². The number of benzene rings is 2. The van der Waals surface area contributed by atoms with E-state index in [4.69, 9.17) is 4.74 Å². The van der Waals surface area contributed by atoms with E-state index in [-0.39, 0.29) is 36.9 Å². The van der Waals surface area contributed by atoms with Gasteiger partial charge in [0.1, 0.15) is 6.61 Å². The van der Waals surface area contributed by atoms with E-state index >= 15 is 0 Å². The number of nitrogens with one attached hydrogen (secondary N) is 2. The average molecular weight is 461 g/mol. The third kappa shape index (κ3) is 3.37. The van der Waals surface area contributed by atoms with Crippen LogP contribution in [-0.2, 0) is 14.3 Å². The minimum atomic E-state index is -0.743. The van der Waals surface area contributed by atoms with Gasteiger partial charge >= 0.3 is 12.1 Å². The Balaban J connectivity index is 1.02. The summed E-state index contributed by atoms with van der Waals surface area (Å²) in [5.74, 6) is -0.651. The van der Waals surface area contributed by atoms with E-state index in [0.717, 1.165) is 24.0 Å². The molecule has 4 aliphatic carbocycles. The first-order valence-electron chi connectivity index (χ1n) is 12.1. The summed E-state index contributed by atoms with van der Waals surface area (Å²) in [5, 5.41) is 15.3. The largest absolute Gasteiger partial charge is 0.481 e. The van der Waals surface area contributed by atoms with Crippen LogP contribution in [0.15, 0.2) is 48.5 Å². The highest BCUT2D eigenvalue weighted by Crippen LogP contribution is 2.63. The van der Waals surface area contributed by atoms with Crippen molar-refractivity contribution in [3.63, 3.8) is 0 Å². The summed E-state index contributed by atoms with van der Waals surface area (Å²) >= 11 is 0. The summed E-state index contributed by atoms with van der Waals surface area (Å²) in [6.45, 7) is 0.468. The number of carboxylic acid groups (broad SMARTS) is 1. The highest BCUT2D eigenvalue weighted by Gasteiger charge is 2.66. The number of aliphatic carboxylic acids is 1. The van der Waals surface area contributed by atoms with Crippen LogP contribution in [0.5, 0.6) is 0 Å². The van der Waals surface area contributed by atoms with Crippen LogP contribution in [0.4, 0.5) is 4.79 Å². The molecule has 0 aliphatic heterocycles. The number of ether oxygens (including phenoxy) is 1. The van der Waals surface area contributed by atoms with Crippen molar-refractivity contribution in [2.24, 2.45) is 16.7 Å². The first-order chi connectivity index (χ1) is 16.4. The quantitative estimate of drug-likeness (QED) is 0.585. The van der Waals surface area contributed by atoms with Crippen LogP contribution in [0.2, 0.25) is 0 Å². The van der Waals surface area contributed by atoms with E-state index in [1.807, 2.05) is 24.3 Å². The molecule has 3 atom stereocenters. The van der Waals surface area contributed by atoms with Gasteiger partial charge in [-0.15, -0.1) is 0 Å². The molecule has 6 rings (SSSR count). The molecule has 0 bridgehead atoms. The Labute approximate surface area is 197 Å². The van der Waals surface area contributed by atoms with E-state index in [1.54, 1.807) is 0 Å². The second-order valence-electron chi connectivity index (χ2n) is 10.4. The lowest BCUT2D eigenvalue weighted by atomic mass is 9.98. The molecule has 34 heavy (non-hydrogen) atoms. The Morgan fingerprint density at radius 1 is 0.971 bits per heavy atom. The van der Waals surface area contributed by atoms with Crippen molar-refractivity contribution < 1.29 is 24.2 Å². The number of carbonyl (C=O) groups excluding carboxylic acids is 2. The lowest BCUT2D eigenvalue weighted by Crippen LogP contribution is -2.44. The first-order valence-corrected chi connectivity index (χ1v) is 12.1. The van der Waals surface area contributed by atoms with E-state index in [1.165, 1.54) is 11.1 Å². The summed E-state index contributed by atoms with van der Waals surface area (Å²) in [7, 11) is 0.